The van der Waals surface area contributed by atoms with Gasteiger partial charge < -0.3 is 23.1 Å². The summed E-state index contributed by atoms with van der Waals surface area (Å²) in [7, 11) is -2.89. The summed E-state index contributed by atoms with van der Waals surface area (Å²) in [6.45, 7) is 14.8. The minimum atomic E-state index is -2.89. The van der Waals surface area contributed by atoms with Crippen LogP contribution < -0.4 is 0 Å². The summed E-state index contributed by atoms with van der Waals surface area (Å²) in [4.78, 5) is 1.13. The number of rotatable bonds is 8. The lowest BCUT2D eigenvalue weighted by Gasteiger charge is -2.51. The largest absolute Gasteiger partial charge is 0.391 e. The van der Waals surface area contributed by atoms with E-state index < -0.39 is 8.56 Å². The first-order chi connectivity index (χ1) is 19.6. The number of ether oxygens (including phenoxy) is 3. The van der Waals surface area contributed by atoms with Crippen molar-refractivity contribution in [2.75, 3.05) is 6.61 Å². The summed E-state index contributed by atoms with van der Waals surface area (Å²) in [6.07, 6.45) is -1.38. The van der Waals surface area contributed by atoms with Gasteiger partial charge in [0.2, 0.25) is 0 Å². The molecule has 3 aromatic carbocycles. The monoisotopic (exact) mass is 592 g/mol. The summed E-state index contributed by atoms with van der Waals surface area (Å²) in [6, 6.07) is 31.0. The first kappa shape index (κ1) is 30.5. The Labute approximate surface area is 251 Å². The molecule has 0 spiro atoms. The molecule has 2 heterocycles. The zero-order chi connectivity index (χ0) is 29.1. The van der Waals surface area contributed by atoms with Crippen molar-refractivity contribution in [1.29, 1.82) is 0 Å². The van der Waals surface area contributed by atoms with E-state index in [4.69, 9.17) is 23.1 Å². The molecule has 2 aliphatic heterocycles. The molecule has 0 radical (unpaired) electrons. The predicted molar refractivity (Wildman–Crippen MR) is 167 cm³/mol. The summed E-state index contributed by atoms with van der Waals surface area (Å²) in [5.74, 6) is 0. The number of hydrogen-bond acceptors (Lipinski definition) is 6. The number of fused-ring (bicyclic) bond motifs is 2. The Bertz CT molecular complexity index is 1210. The molecule has 0 unspecified atom stereocenters. The van der Waals surface area contributed by atoms with Crippen molar-refractivity contribution in [2.45, 2.75) is 99.6 Å². The van der Waals surface area contributed by atoms with Crippen molar-refractivity contribution < 1.29 is 23.1 Å². The minimum Gasteiger partial charge on any atom is -0.391 e. The average Bonchev–Trinajstić information content (AvgIpc) is 3.07. The Balaban J connectivity index is 1.54. The van der Waals surface area contributed by atoms with Crippen LogP contribution in [0.15, 0.2) is 95.9 Å². The van der Waals surface area contributed by atoms with Crippen LogP contribution in [-0.2, 0) is 36.3 Å². The van der Waals surface area contributed by atoms with E-state index in [1.54, 1.807) is 11.8 Å². The van der Waals surface area contributed by atoms with Crippen molar-refractivity contribution in [3.8, 4) is 0 Å². The molecule has 2 aliphatic rings. The normalized spacial score (nSPS) is 26.3. The van der Waals surface area contributed by atoms with E-state index in [0.717, 1.165) is 16.0 Å². The molecule has 0 aromatic heterocycles. The Morgan fingerprint density at radius 3 is 1.71 bits per heavy atom. The third-order valence-corrected chi connectivity index (χ3v) is 14.2. The summed E-state index contributed by atoms with van der Waals surface area (Å²) < 4.78 is 34.8. The molecule has 5 atom stereocenters. The highest BCUT2D eigenvalue weighted by Crippen LogP contribution is 2.55. The summed E-state index contributed by atoms with van der Waals surface area (Å²) in [5, 5.41) is -0.391. The van der Waals surface area contributed by atoms with Crippen LogP contribution in [0.2, 0.25) is 10.1 Å². The highest BCUT2D eigenvalue weighted by Gasteiger charge is 2.64. The van der Waals surface area contributed by atoms with E-state index in [1.165, 1.54) is 0 Å². The van der Waals surface area contributed by atoms with E-state index in [0.29, 0.717) is 19.8 Å². The standard InChI is InChI=1S/C34H44O5SSi/c1-33(2,3)41(34(4,5)6)37-24-28-29(35-22-25-16-10-7-11-17-25)30(39-41)31(36-23-26-18-12-8-13-19-26)32(38-28)40-27-20-14-9-15-21-27/h7-21,28-32H,22-24H2,1-6H3/t28-,29-,30+,31+,32+/m1/s1. The molecule has 2 saturated heterocycles. The Kier molecular flexibility index (Phi) is 9.46. The second-order valence-corrected chi connectivity index (χ2v) is 18.9. The van der Waals surface area contributed by atoms with Crippen molar-refractivity contribution in [3.63, 3.8) is 0 Å². The second-order valence-electron chi connectivity index (χ2n) is 13.0. The smallest absolute Gasteiger partial charge is 0.349 e. The van der Waals surface area contributed by atoms with Crippen LogP contribution in [0, 0.1) is 0 Å². The quantitative estimate of drug-likeness (QED) is 0.246. The van der Waals surface area contributed by atoms with Crippen LogP contribution in [0.1, 0.15) is 52.7 Å². The summed E-state index contributed by atoms with van der Waals surface area (Å²) >= 11 is 1.68. The molecular formula is C34H44O5SSi. The van der Waals surface area contributed by atoms with Crippen molar-refractivity contribution >= 4 is 20.3 Å². The topological polar surface area (TPSA) is 46.2 Å². The van der Waals surface area contributed by atoms with E-state index in [1.807, 2.05) is 42.5 Å². The lowest BCUT2D eigenvalue weighted by atomic mass is 9.99. The predicted octanol–water partition coefficient (Wildman–Crippen LogP) is 8.13. The fraction of sp³-hybridized carbons (Fsp3) is 0.471. The van der Waals surface area contributed by atoms with Gasteiger partial charge in [0, 0.05) is 15.0 Å². The zero-order valence-corrected chi connectivity index (χ0v) is 26.9. The van der Waals surface area contributed by atoms with Crippen LogP contribution in [0.25, 0.3) is 0 Å². The molecule has 2 bridgehead atoms. The average molecular weight is 593 g/mol. The van der Waals surface area contributed by atoms with Crippen LogP contribution in [0.4, 0.5) is 0 Å². The van der Waals surface area contributed by atoms with E-state index in [9.17, 15) is 0 Å². The van der Waals surface area contributed by atoms with Crippen molar-refractivity contribution in [2.24, 2.45) is 0 Å². The van der Waals surface area contributed by atoms with E-state index in [2.05, 4.69) is 90.1 Å². The molecule has 2 fully saturated rings. The first-order valence-corrected chi connectivity index (χ1v) is 17.3. The van der Waals surface area contributed by atoms with Crippen molar-refractivity contribution in [1.82, 2.24) is 0 Å². The van der Waals surface area contributed by atoms with Crippen LogP contribution in [-0.4, -0.2) is 45.0 Å². The second kappa shape index (κ2) is 12.7. The van der Waals surface area contributed by atoms with Crippen LogP contribution >= 0.6 is 11.8 Å². The van der Waals surface area contributed by atoms with Crippen molar-refractivity contribution in [3.05, 3.63) is 102 Å². The molecular weight excluding hydrogens is 549 g/mol. The molecule has 0 N–H and O–H groups in total. The fourth-order valence-corrected chi connectivity index (χ4v) is 12.2. The van der Waals surface area contributed by atoms with Gasteiger partial charge in [-0.2, -0.15) is 0 Å². The Hall–Kier alpha value is -1.97. The van der Waals surface area contributed by atoms with Gasteiger partial charge in [0.15, 0.2) is 0 Å². The Morgan fingerprint density at radius 1 is 0.707 bits per heavy atom. The zero-order valence-electron chi connectivity index (χ0n) is 25.1. The number of thioether (sulfide) groups is 1. The third kappa shape index (κ3) is 6.83. The maximum atomic E-state index is 7.44. The van der Waals surface area contributed by atoms with Gasteiger partial charge in [-0.3, -0.25) is 0 Å². The lowest BCUT2D eigenvalue weighted by Crippen LogP contribution is -2.63. The highest BCUT2D eigenvalue weighted by molar-refractivity contribution is 7.99. The molecule has 7 heteroatoms. The molecule has 220 valence electrons. The van der Waals surface area contributed by atoms with Gasteiger partial charge in [0.1, 0.15) is 29.9 Å². The van der Waals surface area contributed by atoms with Gasteiger partial charge in [0.05, 0.1) is 19.8 Å². The first-order valence-electron chi connectivity index (χ1n) is 14.6. The highest BCUT2D eigenvalue weighted by atomic mass is 32.2. The fourth-order valence-electron chi connectivity index (χ4n) is 6.12. The minimum absolute atomic E-state index is 0.196. The molecule has 5 nitrogen and oxygen atoms in total. The SMILES string of the molecule is CC(C)(C)[Si]1(C(C)(C)C)OC[C@H]2O[C@@H](Sc3ccccc3)[C@@H](OCc3ccccc3)[C@@H](O1)[C@@H]2OCc1ccccc1. The molecule has 41 heavy (non-hydrogen) atoms. The van der Waals surface area contributed by atoms with Gasteiger partial charge in [0.25, 0.3) is 0 Å². The molecule has 0 aliphatic carbocycles. The maximum absolute atomic E-state index is 7.44. The third-order valence-electron chi connectivity index (χ3n) is 7.88. The van der Waals surface area contributed by atoms with Crippen LogP contribution in [0.3, 0.4) is 0 Å². The van der Waals surface area contributed by atoms with Gasteiger partial charge in [-0.15, -0.1) is 0 Å². The number of hydrogen-bond donors (Lipinski definition) is 0. The molecule has 3 aromatic rings. The van der Waals surface area contributed by atoms with Crippen LogP contribution in [0.5, 0.6) is 0 Å². The Morgan fingerprint density at radius 2 is 1.20 bits per heavy atom. The lowest BCUT2D eigenvalue weighted by molar-refractivity contribution is -0.221. The van der Waals surface area contributed by atoms with Gasteiger partial charge in [-0.1, -0.05) is 132 Å². The maximum Gasteiger partial charge on any atom is 0.349 e. The molecule has 0 amide bonds. The summed E-state index contributed by atoms with van der Waals surface area (Å²) in [5.41, 5.74) is 1.93. The van der Waals surface area contributed by atoms with Gasteiger partial charge in [-0.25, -0.2) is 0 Å². The molecule has 0 saturated carbocycles. The molecule has 5 rings (SSSR count). The van der Waals surface area contributed by atoms with Gasteiger partial charge >= 0.3 is 8.56 Å². The van der Waals surface area contributed by atoms with E-state index >= 15 is 0 Å². The van der Waals surface area contributed by atoms with Gasteiger partial charge in [-0.05, 0) is 23.3 Å². The number of benzene rings is 3. The van der Waals surface area contributed by atoms with E-state index in [-0.39, 0.29) is 39.9 Å².